The maximum Gasteiger partial charge on any atom is 0.174 e. The lowest BCUT2D eigenvalue weighted by atomic mass is 10.0. The zero-order valence-corrected chi connectivity index (χ0v) is 14.2. The quantitative estimate of drug-likeness (QED) is 0.472. The predicted molar refractivity (Wildman–Crippen MR) is 99.8 cm³/mol. The Morgan fingerprint density at radius 1 is 1.20 bits per heavy atom. The van der Waals surface area contributed by atoms with Crippen LogP contribution in [0.3, 0.4) is 0 Å². The third-order valence-corrected chi connectivity index (χ3v) is 4.81. The molecule has 0 fully saturated rings. The summed E-state index contributed by atoms with van der Waals surface area (Å²) < 4.78 is 5.53. The fourth-order valence-electron chi connectivity index (χ4n) is 2.63. The second-order valence-corrected chi connectivity index (χ2v) is 6.48. The molecular formula is C20H13N3OS. The summed E-state index contributed by atoms with van der Waals surface area (Å²) in [6.07, 6.45) is 1.85. The molecule has 0 atom stereocenters. The maximum absolute atomic E-state index is 9.47. The minimum absolute atomic E-state index is 0.551. The molecule has 120 valence electrons. The van der Waals surface area contributed by atoms with Crippen LogP contribution in [0.5, 0.6) is 0 Å². The van der Waals surface area contributed by atoms with Crippen molar-refractivity contribution in [2.75, 3.05) is 0 Å². The van der Waals surface area contributed by atoms with Crippen LogP contribution in [0.1, 0.15) is 16.3 Å². The molecule has 4 rings (SSSR count). The zero-order chi connectivity index (χ0) is 17.2. The highest BCUT2D eigenvalue weighted by atomic mass is 32.1. The van der Waals surface area contributed by atoms with E-state index in [0.29, 0.717) is 5.57 Å². The lowest BCUT2D eigenvalue weighted by molar-refractivity contribution is 0.441. The Morgan fingerprint density at radius 3 is 2.76 bits per heavy atom. The highest BCUT2D eigenvalue weighted by Gasteiger charge is 2.11. The van der Waals surface area contributed by atoms with Crippen molar-refractivity contribution in [3.8, 4) is 17.4 Å². The van der Waals surface area contributed by atoms with Gasteiger partial charge < -0.3 is 4.52 Å². The Balaban J connectivity index is 1.81. The van der Waals surface area contributed by atoms with Gasteiger partial charge in [0.15, 0.2) is 5.76 Å². The molecule has 0 N–H and O–H groups in total. The van der Waals surface area contributed by atoms with Gasteiger partial charge >= 0.3 is 0 Å². The molecule has 2 heterocycles. The number of nitriles is 1. The van der Waals surface area contributed by atoms with E-state index >= 15 is 0 Å². The molecular weight excluding hydrogens is 330 g/mol. The number of hydrogen-bond acceptors (Lipinski definition) is 5. The lowest BCUT2D eigenvalue weighted by Gasteiger charge is -1.98. The van der Waals surface area contributed by atoms with Gasteiger partial charge in [0.2, 0.25) is 0 Å². The summed E-state index contributed by atoms with van der Waals surface area (Å²) >= 11 is 1.47. The first-order valence-electron chi connectivity index (χ1n) is 7.74. The van der Waals surface area contributed by atoms with Crippen LogP contribution in [0.4, 0.5) is 0 Å². The van der Waals surface area contributed by atoms with Crippen molar-refractivity contribution in [2.45, 2.75) is 6.92 Å². The molecule has 0 saturated heterocycles. The minimum Gasteiger partial charge on any atom is -0.355 e. The van der Waals surface area contributed by atoms with Crippen LogP contribution in [0.25, 0.3) is 33.9 Å². The molecule has 0 radical (unpaired) electrons. The summed E-state index contributed by atoms with van der Waals surface area (Å²) in [7, 11) is 0. The summed E-state index contributed by atoms with van der Waals surface area (Å²) in [5, 5.41) is 17.2. The molecule has 25 heavy (non-hydrogen) atoms. The van der Waals surface area contributed by atoms with Crippen molar-refractivity contribution < 1.29 is 4.52 Å². The lowest BCUT2D eigenvalue weighted by Crippen LogP contribution is -1.82. The molecule has 0 aliphatic rings. The van der Waals surface area contributed by atoms with Crippen LogP contribution >= 0.6 is 11.3 Å². The van der Waals surface area contributed by atoms with E-state index < -0.39 is 0 Å². The van der Waals surface area contributed by atoms with E-state index in [-0.39, 0.29) is 0 Å². The third kappa shape index (κ3) is 2.95. The maximum atomic E-state index is 9.47. The number of allylic oxidation sites excluding steroid dienone is 1. The zero-order valence-electron chi connectivity index (χ0n) is 13.4. The van der Waals surface area contributed by atoms with Crippen molar-refractivity contribution >= 4 is 33.9 Å². The topological polar surface area (TPSA) is 62.7 Å². The van der Waals surface area contributed by atoms with Gasteiger partial charge in [-0.3, -0.25) is 0 Å². The molecule has 5 heteroatoms. The number of fused-ring (bicyclic) bond motifs is 1. The fourth-order valence-corrected chi connectivity index (χ4v) is 3.40. The first-order valence-corrected chi connectivity index (χ1v) is 8.62. The Labute approximate surface area is 148 Å². The number of aryl methyl sites for hydroxylation is 1. The smallest absolute Gasteiger partial charge is 0.174 e. The molecule has 4 aromatic rings. The van der Waals surface area contributed by atoms with Crippen molar-refractivity contribution in [3.63, 3.8) is 0 Å². The summed E-state index contributed by atoms with van der Waals surface area (Å²) in [6, 6.07) is 17.9. The number of nitrogens with zero attached hydrogens (tertiary/aromatic N) is 3. The summed E-state index contributed by atoms with van der Waals surface area (Å²) in [6.45, 7) is 1.92. The average Bonchev–Trinajstić information content (AvgIpc) is 3.26. The summed E-state index contributed by atoms with van der Waals surface area (Å²) in [5.41, 5.74) is 4.15. The third-order valence-electron chi connectivity index (χ3n) is 3.82. The minimum atomic E-state index is 0.551. The van der Waals surface area contributed by atoms with E-state index in [4.69, 9.17) is 4.52 Å². The first kappa shape index (κ1) is 15.3. The standard InChI is InChI=1S/C20H13N3OS/c1-13-12-25-20(22-13)16(11-21)9-14-7-8-18-17(10-14)19(24-23-18)15-5-3-2-4-6-15/h2-10,12H,1H3/b16-9+. The van der Waals surface area contributed by atoms with Crippen LogP contribution in [0.15, 0.2) is 58.4 Å². The molecule has 0 spiro atoms. The van der Waals surface area contributed by atoms with Gasteiger partial charge in [0, 0.05) is 16.6 Å². The van der Waals surface area contributed by atoms with E-state index in [1.165, 1.54) is 11.3 Å². The highest BCUT2D eigenvalue weighted by molar-refractivity contribution is 7.11. The molecule has 2 aromatic heterocycles. The molecule has 0 unspecified atom stereocenters. The Bertz CT molecular complexity index is 1120. The Kier molecular flexibility index (Phi) is 3.88. The van der Waals surface area contributed by atoms with Crippen molar-refractivity contribution in [2.24, 2.45) is 0 Å². The van der Waals surface area contributed by atoms with Crippen LogP contribution in [-0.4, -0.2) is 10.1 Å². The number of rotatable bonds is 3. The van der Waals surface area contributed by atoms with Crippen molar-refractivity contribution in [1.82, 2.24) is 10.1 Å². The highest BCUT2D eigenvalue weighted by Crippen LogP contribution is 2.30. The molecule has 0 saturated carbocycles. The second-order valence-electron chi connectivity index (χ2n) is 5.62. The van der Waals surface area contributed by atoms with Gasteiger partial charge in [0.1, 0.15) is 16.6 Å². The van der Waals surface area contributed by atoms with Gasteiger partial charge in [-0.15, -0.1) is 11.3 Å². The Morgan fingerprint density at radius 2 is 2.04 bits per heavy atom. The van der Waals surface area contributed by atoms with Gasteiger partial charge in [-0.1, -0.05) is 41.6 Å². The van der Waals surface area contributed by atoms with E-state index in [1.807, 2.05) is 66.9 Å². The summed E-state index contributed by atoms with van der Waals surface area (Å²) in [4.78, 5) is 4.39. The van der Waals surface area contributed by atoms with Crippen LogP contribution in [-0.2, 0) is 0 Å². The number of hydrogen-bond donors (Lipinski definition) is 0. The molecule has 0 amide bonds. The van der Waals surface area contributed by atoms with Crippen LogP contribution in [0.2, 0.25) is 0 Å². The number of aromatic nitrogens is 2. The monoisotopic (exact) mass is 343 g/mol. The van der Waals surface area contributed by atoms with Crippen molar-refractivity contribution in [3.05, 3.63) is 70.2 Å². The van der Waals surface area contributed by atoms with E-state index in [1.54, 1.807) is 0 Å². The van der Waals surface area contributed by atoms with Gasteiger partial charge in [0.25, 0.3) is 0 Å². The average molecular weight is 343 g/mol. The van der Waals surface area contributed by atoms with Gasteiger partial charge in [-0.2, -0.15) is 5.26 Å². The van der Waals surface area contributed by atoms with Crippen molar-refractivity contribution in [1.29, 1.82) is 5.26 Å². The fraction of sp³-hybridized carbons (Fsp3) is 0.0500. The molecule has 2 aromatic carbocycles. The van der Waals surface area contributed by atoms with Crippen LogP contribution < -0.4 is 0 Å². The summed E-state index contributed by atoms with van der Waals surface area (Å²) in [5.74, 6) is 0.731. The van der Waals surface area contributed by atoms with Gasteiger partial charge in [0.05, 0.1) is 11.0 Å². The second kappa shape index (κ2) is 6.34. The predicted octanol–water partition coefficient (Wildman–Crippen LogP) is 5.32. The number of thiazole rings is 1. The largest absolute Gasteiger partial charge is 0.355 e. The molecule has 0 aliphatic carbocycles. The van der Waals surface area contributed by atoms with Crippen LogP contribution in [0, 0.1) is 18.3 Å². The normalized spacial score (nSPS) is 11.6. The SMILES string of the molecule is Cc1csc(/C(C#N)=C/c2ccc3noc(-c4ccccc4)c3c2)n1. The molecule has 0 aliphatic heterocycles. The number of benzene rings is 2. The molecule has 4 nitrogen and oxygen atoms in total. The van der Waals surface area contributed by atoms with E-state index in [2.05, 4.69) is 16.2 Å². The Hall–Kier alpha value is -3.23. The van der Waals surface area contributed by atoms with Gasteiger partial charge in [-0.25, -0.2) is 4.98 Å². The van der Waals surface area contributed by atoms with Gasteiger partial charge in [-0.05, 0) is 30.7 Å². The van der Waals surface area contributed by atoms with E-state index in [0.717, 1.165) is 38.5 Å². The molecule has 0 bridgehead atoms. The van der Waals surface area contributed by atoms with E-state index in [9.17, 15) is 5.26 Å². The first-order chi connectivity index (χ1) is 12.2.